The Morgan fingerprint density at radius 2 is 2.03 bits per heavy atom. The first-order valence-electron chi connectivity index (χ1n) is 10.2. The van der Waals surface area contributed by atoms with Crippen LogP contribution in [0.25, 0.3) is 11.4 Å². The molecule has 2 aromatic heterocycles. The van der Waals surface area contributed by atoms with Crippen molar-refractivity contribution in [3.05, 3.63) is 89.4 Å². The molecule has 9 heteroatoms. The molecule has 0 radical (unpaired) electrons. The van der Waals surface area contributed by atoms with Crippen LogP contribution < -0.4 is 5.43 Å². The van der Waals surface area contributed by atoms with Gasteiger partial charge in [-0.3, -0.25) is 9.78 Å². The zero-order chi connectivity index (χ0) is 22.5. The Bertz CT molecular complexity index is 1110. The summed E-state index contributed by atoms with van der Waals surface area (Å²) in [5.74, 6) is -0.0364. The van der Waals surface area contributed by atoms with E-state index >= 15 is 0 Å². The minimum atomic E-state index is -0.369. The van der Waals surface area contributed by atoms with Crippen LogP contribution in [0.1, 0.15) is 29.0 Å². The molecular weight excluding hydrogens is 431 g/mol. The molecule has 0 bridgehead atoms. The van der Waals surface area contributed by atoms with E-state index in [-0.39, 0.29) is 17.8 Å². The SMILES string of the molecule is CCN(CCN1C=CC(c2ccc(F)cn2)N1)C(=O)c1cc(Cl)ccc1-c1ncccn1. The second-order valence-electron chi connectivity index (χ2n) is 7.19. The summed E-state index contributed by atoms with van der Waals surface area (Å²) >= 11 is 6.19. The summed E-state index contributed by atoms with van der Waals surface area (Å²) in [5.41, 5.74) is 5.11. The van der Waals surface area contributed by atoms with Gasteiger partial charge in [0.05, 0.1) is 30.0 Å². The standard InChI is InChI=1S/C23H22ClFN6O/c1-2-30(12-13-31-11-8-21(29-31)20-7-5-17(25)15-28-20)23(32)19-14-16(24)4-6-18(19)22-26-9-3-10-27-22/h3-11,14-15,21,29H,2,12-13H2,1H3. The normalized spacial score (nSPS) is 15.2. The largest absolute Gasteiger partial charge is 0.337 e. The van der Waals surface area contributed by atoms with E-state index < -0.39 is 0 Å². The third-order valence-electron chi connectivity index (χ3n) is 5.13. The van der Waals surface area contributed by atoms with Crippen LogP contribution in [0.4, 0.5) is 4.39 Å². The predicted molar refractivity (Wildman–Crippen MR) is 120 cm³/mol. The van der Waals surface area contributed by atoms with Crippen LogP contribution >= 0.6 is 11.6 Å². The van der Waals surface area contributed by atoms with Gasteiger partial charge in [-0.15, -0.1) is 0 Å². The lowest BCUT2D eigenvalue weighted by Crippen LogP contribution is -2.40. The summed E-state index contributed by atoms with van der Waals surface area (Å²) in [5, 5.41) is 2.37. The van der Waals surface area contributed by atoms with E-state index in [1.165, 1.54) is 12.3 Å². The Labute approximate surface area is 190 Å². The van der Waals surface area contributed by atoms with E-state index in [4.69, 9.17) is 11.6 Å². The maximum Gasteiger partial charge on any atom is 0.254 e. The number of aromatic nitrogens is 3. The van der Waals surface area contributed by atoms with Gasteiger partial charge in [-0.25, -0.2) is 19.8 Å². The lowest BCUT2D eigenvalue weighted by Gasteiger charge is -2.26. The van der Waals surface area contributed by atoms with Crippen LogP contribution in [0.2, 0.25) is 5.02 Å². The average Bonchev–Trinajstić information content (AvgIpc) is 3.29. The molecule has 1 aromatic carbocycles. The highest BCUT2D eigenvalue weighted by Gasteiger charge is 2.22. The monoisotopic (exact) mass is 452 g/mol. The third kappa shape index (κ3) is 4.92. The summed E-state index contributed by atoms with van der Waals surface area (Å²) < 4.78 is 13.1. The van der Waals surface area contributed by atoms with Crippen LogP contribution in [0.15, 0.2) is 67.3 Å². The Morgan fingerprint density at radius 1 is 1.22 bits per heavy atom. The van der Waals surface area contributed by atoms with E-state index in [0.29, 0.717) is 41.6 Å². The quantitative estimate of drug-likeness (QED) is 0.586. The number of rotatable bonds is 7. The van der Waals surface area contributed by atoms with Gasteiger partial charge in [-0.1, -0.05) is 11.6 Å². The molecule has 0 aliphatic carbocycles. The zero-order valence-corrected chi connectivity index (χ0v) is 18.2. The fourth-order valence-electron chi connectivity index (χ4n) is 3.46. The van der Waals surface area contributed by atoms with Gasteiger partial charge in [-0.05, 0) is 49.4 Å². The Balaban J connectivity index is 1.44. The fourth-order valence-corrected chi connectivity index (χ4v) is 3.63. The molecule has 1 atom stereocenters. The van der Waals surface area contributed by atoms with Crippen LogP contribution in [0.3, 0.4) is 0 Å². The topological polar surface area (TPSA) is 74.2 Å². The molecule has 164 valence electrons. The highest BCUT2D eigenvalue weighted by molar-refractivity contribution is 6.31. The molecule has 0 fully saturated rings. The lowest BCUT2D eigenvalue weighted by atomic mass is 10.1. The summed E-state index contributed by atoms with van der Waals surface area (Å²) in [4.78, 5) is 27.8. The van der Waals surface area contributed by atoms with Crippen molar-refractivity contribution in [2.45, 2.75) is 13.0 Å². The number of carbonyl (C=O) groups excluding carboxylic acids is 1. The summed E-state index contributed by atoms with van der Waals surface area (Å²) in [6.07, 6.45) is 8.32. The van der Waals surface area contributed by atoms with Crippen molar-refractivity contribution in [3.8, 4) is 11.4 Å². The van der Waals surface area contributed by atoms with Crippen molar-refractivity contribution in [2.24, 2.45) is 0 Å². The van der Waals surface area contributed by atoms with Gasteiger partial charge in [0.1, 0.15) is 5.82 Å². The molecule has 32 heavy (non-hydrogen) atoms. The predicted octanol–water partition coefficient (Wildman–Crippen LogP) is 3.87. The van der Waals surface area contributed by atoms with Crippen molar-refractivity contribution >= 4 is 17.5 Å². The van der Waals surface area contributed by atoms with Crippen molar-refractivity contribution in [2.75, 3.05) is 19.6 Å². The summed E-state index contributed by atoms with van der Waals surface area (Å²) in [6.45, 7) is 3.50. The molecule has 3 aromatic rings. The van der Waals surface area contributed by atoms with Crippen molar-refractivity contribution in [1.29, 1.82) is 0 Å². The number of hydrogen-bond acceptors (Lipinski definition) is 6. The number of amides is 1. The molecule has 1 unspecified atom stereocenters. The van der Waals surface area contributed by atoms with Gasteiger partial charge in [0.2, 0.25) is 0 Å². The number of nitrogens with zero attached hydrogens (tertiary/aromatic N) is 5. The number of pyridine rings is 1. The first kappa shape index (κ1) is 21.9. The highest BCUT2D eigenvalue weighted by atomic mass is 35.5. The first-order chi connectivity index (χ1) is 15.5. The smallest absolute Gasteiger partial charge is 0.254 e. The number of halogens is 2. The van der Waals surface area contributed by atoms with E-state index in [1.54, 1.807) is 47.6 Å². The van der Waals surface area contributed by atoms with Gasteiger partial charge in [0.15, 0.2) is 5.82 Å². The van der Waals surface area contributed by atoms with E-state index in [2.05, 4.69) is 20.4 Å². The third-order valence-corrected chi connectivity index (χ3v) is 5.37. The van der Waals surface area contributed by atoms with Gasteiger partial charge in [-0.2, -0.15) is 0 Å². The molecule has 4 rings (SSSR count). The number of hydrogen-bond donors (Lipinski definition) is 1. The van der Waals surface area contributed by atoms with Crippen LogP contribution in [0.5, 0.6) is 0 Å². The number of benzene rings is 1. The second-order valence-corrected chi connectivity index (χ2v) is 7.63. The number of nitrogens with one attached hydrogen (secondary N) is 1. The zero-order valence-electron chi connectivity index (χ0n) is 17.4. The van der Waals surface area contributed by atoms with Crippen molar-refractivity contribution in [3.63, 3.8) is 0 Å². The molecule has 0 saturated heterocycles. The van der Waals surface area contributed by atoms with Crippen LogP contribution in [0, 0.1) is 5.82 Å². The molecule has 1 amide bonds. The van der Waals surface area contributed by atoms with Crippen molar-refractivity contribution < 1.29 is 9.18 Å². The van der Waals surface area contributed by atoms with Gasteiger partial charge < -0.3 is 9.91 Å². The maximum absolute atomic E-state index is 13.4. The number of hydrazine groups is 1. The number of likely N-dealkylation sites (N-methyl/N-ethyl adjacent to an activating group) is 1. The lowest BCUT2D eigenvalue weighted by molar-refractivity contribution is 0.0746. The second kappa shape index (κ2) is 9.84. The molecule has 0 spiro atoms. The van der Waals surface area contributed by atoms with Crippen molar-refractivity contribution in [1.82, 2.24) is 30.3 Å². The fraction of sp³-hybridized carbons (Fsp3) is 0.217. The Morgan fingerprint density at radius 3 is 2.75 bits per heavy atom. The minimum Gasteiger partial charge on any atom is -0.337 e. The highest BCUT2D eigenvalue weighted by Crippen LogP contribution is 2.25. The Kier molecular flexibility index (Phi) is 6.72. The molecule has 0 saturated carbocycles. The van der Waals surface area contributed by atoms with Crippen LogP contribution in [-0.4, -0.2) is 50.4 Å². The number of carbonyl (C=O) groups is 1. The molecule has 1 N–H and O–H groups in total. The van der Waals surface area contributed by atoms with Gasteiger partial charge in [0, 0.05) is 42.3 Å². The molecule has 3 heterocycles. The minimum absolute atomic E-state index is 0.141. The van der Waals surface area contributed by atoms with Crippen LogP contribution in [-0.2, 0) is 0 Å². The Hall–Kier alpha value is -3.36. The molecule has 7 nitrogen and oxygen atoms in total. The molecular formula is C23H22ClFN6O. The maximum atomic E-state index is 13.4. The van der Waals surface area contributed by atoms with E-state index in [1.807, 2.05) is 24.2 Å². The van der Waals surface area contributed by atoms with E-state index in [9.17, 15) is 9.18 Å². The van der Waals surface area contributed by atoms with Gasteiger partial charge >= 0.3 is 0 Å². The molecule has 1 aliphatic heterocycles. The van der Waals surface area contributed by atoms with E-state index in [0.717, 1.165) is 5.69 Å². The molecule has 1 aliphatic rings. The summed E-state index contributed by atoms with van der Waals surface area (Å²) in [7, 11) is 0. The first-order valence-corrected chi connectivity index (χ1v) is 10.6. The average molecular weight is 453 g/mol. The summed E-state index contributed by atoms with van der Waals surface area (Å²) in [6, 6.07) is 9.77. The van der Waals surface area contributed by atoms with Gasteiger partial charge in [0.25, 0.3) is 5.91 Å².